The number of carbonyl (C=O) groups is 2. The van der Waals surface area contributed by atoms with Crippen LogP contribution < -0.4 is 0 Å². The van der Waals surface area contributed by atoms with Crippen LogP contribution in [0, 0.1) is 0 Å². The first-order chi connectivity index (χ1) is 7.15. The lowest BCUT2D eigenvalue weighted by Gasteiger charge is -2.13. The van der Waals surface area contributed by atoms with Crippen molar-refractivity contribution in [1.29, 1.82) is 0 Å². The fraction of sp³-hybridized carbons (Fsp3) is 0.636. The maximum Gasteiger partial charge on any atom is 0.347 e. The van der Waals surface area contributed by atoms with Crippen molar-refractivity contribution in [2.45, 2.75) is 39.2 Å². The highest BCUT2D eigenvalue weighted by Gasteiger charge is 2.21. The Morgan fingerprint density at radius 2 is 2.07 bits per heavy atom. The summed E-state index contributed by atoms with van der Waals surface area (Å²) in [6.07, 6.45) is 2.40. The molecule has 0 aromatic rings. The van der Waals surface area contributed by atoms with E-state index in [0.29, 0.717) is 13.0 Å². The molecule has 0 bridgehead atoms. The van der Waals surface area contributed by atoms with E-state index in [1.165, 1.54) is 0 Å². The average molecular weight is 214 g/mol. The maximum absolute atomic E-state index is 11.4. The Morgan fingerprint density at radius 3 is 2.53 bits per heavy atom. The molecule has 86 valence electrons. The molecule has 0 aromatic heterocycles. The van der Waals surface area contributed by atoms with Crippen LogP contribution in [0.15, 0.2) is 12.7 Å². The van der Waals surface area contributed by atoms with Gasteiger partial charge >= 0.3 is 11.9 Å². The van der Waals surface area contributed by atoms with Gasteiger partial charge < -0.3 is 9.47 Å². The highest BCUT2D eigenvalue weighted by atomic mass is 16.6. The molecule has 0 fully saturated rings. The summed E-state index contributed by atoms with van der Waals surface area (Å²) in [6.45, 7) is 7.38. The van der Waals surface area contributed by atoms with Gasteiger partial charge in [-0.2, -0.15) is 0 Å². The lowest BCUT2D eigenvalue weighted by Crippen LogP contribution is -2.28. The Hall–Kier alpha value is -1.32. The van der Waals surface area contributed by atoms with Crippen molar-refractivity contribution in [2.24, 2.45) is 0 Å². The summed E-state index contributed by atoms with van der Waals surface area (Å²) in [5, 5.41) is 0. The quantitative estimate of drug-likeness (QED) is 0.368. The number of hydrogen-bond donors (Lipinski definition) is 0. The molecule has 4 nitrogen and oxygen atoms in total. The van der Waals surface area contributed by atoms with E-state index in [2.05, 4.69) is 6.58 Å². The van der Waals surface area contributed by atoms with Crippen LogP contribution >= 0.6 is 0 Å². The second-order valence-corrected chi connectivity index (χ2v) is 3.06. The van der Waals surface area contributed by atoms with E-state index >= 15 is 0 Å². The van der Waals surface area contributed by atoms with Gasteiger partial charge in [-0.25, -0.2) is 9.59 Å². The van der Waals surface area contributed by atoms with Crippen molar-refractivity contribution in [3.63, 3.8) is 0 Å². The smallest absolute Gasteiger partial charge is 0.347 e. The Morgan fingerprint density at radius 1 is 1.40 bits per heavy atom. The standard InChI is InChI=1S/C11H18O4/c1-4-7-8-14-11(13)9(5-2)15-10(12)6-3/h6,9H,3-5,7-8H2,1-2H3. The van der Waals surface area contributed by atoms with Crippen LogP contribution in [0.25, 0.3) is 0 Å². The minimum absolute atomic E-state index is 0.372. The first-order valence-electron chi connectivity index (χ1n) is 5.15. The summed E-state index contributed by atoms with van der Waals surface area (Å²) < 4.78 is 9.74. The van der Waals surface area contributed by atoms with Crippen molar-refractivity contribution >= 4 is 11.9 Å². The second-order valence-electron chi connectivity index (χ2n) is 3.06. The third-order valence-electron chi connectivity index (χ3n) is 1.80. The number of hydrogen-bond acceptors (Lipinski definition) is 4. The topological polar surface area (TPSA) is 52.6 Å². The third kappa shape index (κ3) is 5.88. The zero-order valence-corrected chi connectivity index (χ0v) is 9.32. The van der Waals surface area contributed by atoms with Crippen LogP contribution in [-0.2, 0) is 19.1 Å². The molecule has 1 atom stereocenters. The summed E-state index contributed by atoms with van der Waals surface area (Å²) in [7, 11) is 0. The highest BCUT2D eigenvalue weighted by molar-refractivity contribution is 5.85. The lowest BCUT2D eigenvalue weighted by atomic mass is 10.3. The first-order valence-corrected chi connectivity index (χ1v) is 5.15. The zero-order valence-electron chi connectivity index (χ0n) is 9.32. The molecule has 0 N–H and O–H groups in total. The van der Waals surface area contributed by atoms with E-state index in [4.69, 9.17) is 9.47 Å². The van der Waals surface area contributed by atoms with E-state index in [-0.39, 0.29) is 0 Å². The van der Waals surface area contributed by atoms with Gasteiger partial charge in [0.05, 0.1) is 6.61 Å². The fourth-order valence-corrected chi connectivity index (χ4v) is 0.896. The summed E-state index contributed by atoms with van der Waals surface area (Å²) in [5.74, 6) is -1.09. The minimum Gasteiger partial charge on any atom is -0.463 e. The van der Waals surface area contributed by atoms with Gasteiger partial charge in [-0.15, -0.1) is 0 Å². The first kappa shape index (κ1) is 13.7. The Labute approximate surface area is 90.2 Å². The van der Waals surface area contributed by atoms with Gasteiger partial charge in [-0.3, -0.25) is 0 Å². The Balaban J connectivity index is 3.98. The SMILES string of the molecule is C=CC(=O)OC(CC)C(=O)OCCCC. The van der Waals surface area contributed by atoms with Gasteiger partial charge in [0.25, 0.3) is 0 Å². The van der Waals surface area contributed by atoms with E-state index < -0.39 is 18.0 Å². The average Bonchev–Trinajstić information content (AvgIpc) is 2.25. The van der Waals surface area contributed by atoms with Gasteiger partial charge in [-0.1, -0.05) is 26.8 Å². The van der Waals surface area contributed by atoms with Gasteiger partial charge in [0.15, 0.2) is 6.10 Å². The molecule has 0 saturated carbocycles. The maximum atomic E-state index is 11.4. The van der Waals surface area contributed by atoms with Crippen LogP contribution in [0.3, 0.4) is 0 Å². The van der Waals surface area contributed by atoms with Gasteiger partial charge in [-0.05, 0) is 12.8 Å². The molecule has 0 rings (SSSR count). The third-order valence-corrected chi connectivity index (χ3v) is 1.80. The molecule has 0 aliphatic carbocycles. The number of esters is 2. The van der Waals surface area contributed by atoms with Crippen molar-refractivity contribution in [2.75, 3.05) is 6.61 Å². The van der Waals surface area contributed by atoms with E-state index in [1.807, 2.05) is 6.92 Å². The summed E-state index contributed by atoms with van der Waals surface area (Å²) in [5.41, 5.74) is 0. The van der Waals surface area contributed by atoms with Crippen molar-refractivity contribution in [3.8, 4) is 0 Å². The van der Waals surface area contributed by atoms with Crippen molar-refractivity contribution < 1.29 is 19.1 Å². The van der Waals surface area contributed by atoms with E-state index in [0.717, 1.165) is 18.9 Å². The molecular formula is C11H18O4. The van der Waals surface area contributed by atoms with Crippen LogP contribution in [0.2, 0.25) is 0 Å². The molecule has 0 aromatic carbocycles. The van der Waals surface area contributed by atoms with Crippen LogP contribution in [0.4, 0.5) is 0 Å². The van der Waals surface area contributed by atoms with Crippen LogP contribution in [0.1, 0.15) is 33.1 Å². The molecular weight excluding hydrogens is 196 g/mol. The van der Waals surface area contributed by atoms with Crippen LogP contribution in [0.5, 0.6) is 0 Å². The number of carbonyl (C=O) groups excluding carboxylic acids is 2. The molecule has 0 spiro atoms. The molecule has 0 heterocycles. The predicted molar refractivity (Wildman–Crippen MR) is 56.2 cm³/mol. The Bertz CT molecular complexity index is 223. The van der Waals surface area contributed by atoms with Gasteiger partial charge in [0.2, 0.25) is 0 Å². The van der Waals surface area contributed by atoms with Crippen LogP contribution in [-0.4, -0.2) is 24.6 Å². The molecule has 0 saturated heterocycles. The highest BCUT2D eigenvalue weighted by Crippen LogP contribution is 2.03. The van der Waals surface area contributed by atoms with Gasteiger partial charge in [0.1, 0.15) is 0 Å². The van der Waals surface area contributed by atoms with E-state index in [9.17, 15) is 9.59 Å². The zero-order chi connectivity index (χ0) is 11.7. The molecule has 0 amide bonds. The molecule has 4 heteroatoms. The lowest BCUT2D eigenvalue weighted by molar-refractivity contribution is -0.165. The molecule has 15 heavy (non-hydrogen) atoms. The largest absolute Gasteiger partial charge is 0.463 e. The number of ether oxygens (including phenoxy) is 2. The summed E-state index contributed by atoms with van der Waals surface area (Å²) >= 11 is 0. The predicted octanol–water partition coefficient (Wildman–Crippen LogP) is 1.84. The fourth-order valence-electron chi connectivity index (χ4n) is 0.896. The molecule has 0 aliphatic heterocycles. The Kier molecular flexibility index (Phi) is 7.32. The normalized spacial score (nSPS) is 11.6. The van der Waals surface area contributed by atoms with E-state index in [1.54, 1.807) is 6.92 Å². The minimum atomic E-state index is -0.813. The monoisotopic (exact) mass is 214 g/mol. The molecule has 0 aliphatic rings. The summed E-state index contributed by atoms with van der Waals surface area (Å²) in [6, 6.07) is 0. The number of rotatable bonds is 7. The second kappa shape index (κ2) is 8.03. The van der Waals surface area contributed by atoms with Crippen molar-refractivity contribution in [1.82, 2.24) is 0 Å². The van der Waals surface area contributed by atoms with Gasteiger partial charge in [0, 0.05) is 6.08 Å². The molecule has 1 unspecified atom stereocenters. The number of unbranched alkanes of at least 4 members (excludes halogenated alkanes) is 1. The van der Waals surface area contributed by atoms with Crippen molar-refractivity contribution in [3.05, 3.63) is 12.7 Å². The molecule has 0 radical (unpaired) electrons. The summed E-state index contributed by atoms with van der Waals surface area (Å²) in [4.78, 5) is 22.2.